The van der Waals surface area contributed by atoms with E-state index in [4.69, 9.17) is 4.52 Å². The van der Waals surface area contributed by atoms with Crippen LogP contribution in [-0.2, 0) is 0 Å². The van der Waals surface area contributed by atoms with Crippen molar-refractivity contribution in [2.75, 3.05) is 11.2 Å². The van der Waals surface area contributed by atoms with Crippen LogP contribution in [0.5, 0.6) is 0 Å². The van der Waals surface area contributed by atoms with Crippen LogP contribution in [0.25, 0.3) is 17.0 Å². The Morgan fingerprint density at radius 3 is 2.51 bits per heavy atom. The Balaban J connectivity index is 1.65. The van der Waals surface area contributed by atoms with Crippen molar-refractivity contribution in [3.63, 3.8) is 0 Å². The van der Waals surface area contributed by atoms with Crippen molar-refractivity contribution in [3.8, 4) is 11.4 Å². The molecular formula is C27H23FN4O2S. The fourth-order valence-electron chi connectivity index (χ4n) is 4.22. The van der Waals surface area contributed by atoms with E-state index in [0.29, 0.717) is 16.8 Å². The second-order valence-corrected chi connectivity index (χ2v) is 9.14. The van der Waals surface area contributed by atoms with E-state index in [1.54, 1.807) is 28.8 Å². The third-order valence-electron chi connectivity index (χ3n) is 5.93. The molecule has 0 bridgehead atoms. The summed E-state index contributed by atoms with van der Waals surface area (Å²) in [7, 11) is 0. The lowest BCUT2D eigenvalue weighted by molar-refractivity contribution is 0.244. The number of hydrogen-bond donors (Lipinski definition) is 1. The van der Waals surface area contributed by atoms with Crippen molar-refractivity contribution < 1.29 is 13.7 Å². The molecule has 1 N–H and O–H groups in total. The fraction of sp³-hybridized carbons (Fsp3) is 0.148. The summed E-state index contributed by atoms with van der Waals surface area (Å²) in [5.41, 5.74) is 4.52. The molecule has 1 aromatic heterocycles. The molecule has 0 spiro atoms. The summed E-state index contributed by atoms with van der Waals surface area (Å²) in [6.45, 7) is 3.84. The standard InChI is InChI=1S/C27H23FN4O2S/c1-16-6-4-9-21(14-16)32-17(2)23(24(29-27(32)33)18-10-12-22(35-3)13-11-18)26-30-25(31-34-26)19-7-5-8-20(28)15-19/h4-15,24H,1-3H3,(H,29,33). The van der Waals surface area contributed by atoms with Gasteiger partial charge >= 0.3 is 6.03 Å². The van der Waals surface area contributed by atoms with Crippen molar-refractivity contribution >= 4 is 29.1 Å². The number of nitrogens with one attached hydrogen (secondary N) is 1. The molecular weight excluding hydrogens is 463 g/mol. The van der Waals surface area contributed by atoms with Gasteiger partial charge in [0.25, 0.3) is 5.89 Å². The average Bonchev–Trinajstić information content (AvgIpc) is 3.34. The summed E-state index contributed by atoms with van der Waals surface area (Å²) in [4.78, 5) is 20.7. The zero-order chi connectivity index (χ0) is 24.5. The molecule has 2 amide bonds. The van der Waals surface area contributed by atoms with Crippen LogP contribution < -0.4 is 10.2 Å². The molecule has 4 aromatic rings. The maximum Gasteiger partial charge on any atom is 0.326 e. The molecule has 6 nitrogen and oxygen atoms in total. The van der Waals surface area contributed by atoms with E-state index in [1.807, 2.05) is 68.6 Å². The maximum absolute atomic E-state index is 13.8. The summed E-state index contributed by atoms with van der Waals surface area (Å²) >= 11 is 1.64. The van der Waals surface area contributed by atoms with Crippen molar-refractivity contribution in [2.45, 2.75) is 24.8 Å². The van der Waals surface area contributed by atoms with Crippen LogP contribution in [0.1, 0.15) is 30.0 Å². The normalized spacial score (nSPS) is 15.9. The number of rotatable bonds is 5. The molecule has 0 saturated carbocycles. The summed E-state index contributed by atoms with van der Waals surface area (Å²) in [6, 6.07) is 21.0. The first-order valence-corrected chi connectivity index (χ1v) is 12.3. The number of anilines is 1. The molecule has 0 radical (unpaired) electrons. The molecule has 35 heavy (non-hydrogen) atoms. The molecule has 0 fully saturated rings. The summed E-state index contributed by atoms with van der Waals surface area (Å²) < 4.78 is 19.5. The first kappa shape index (κ1) is 22.9. The number of aromatic nitrogens is 2. The second-order valence-electron chi connectivity index (χ2n) is 8.26. The van der Waals surface area contributed by atoms with Crippen LogP contribution >= 0.6 is 11.8 Å². The van der Waals surface area contributed by atoms with E-state index in [0.717, 1.165) is 21.7 Å². The minimum absolute atomic E-state index is 0.249. The smallest absolute Gasteiger partial charge is 0.326 e. The Bertz CT molecular complexity index is 1430. The van der Waals surface area contributed by atoms with Crippen molar-refractivity contribution in [1.82, 2.24) is 15.5 Å². The number of hydrogen-bond acceptors (Lipinski definition) is 5. The van der Waals surface area contributed by atoms with E-state index in [-0.39, 0.29) is 23.6 Å². The summed E-state index contributed by atoms with van der Waals surface area (Å²) in [5.74, 6) is 0.153. The van der Waals surface area contributed by atoms with Crippen LogP contribution in [0, 0.1) is 12.7 Å². The zero-order valence-electron chi connectivity index (χ0n) is 19.4. The Morgan fingerprint density at radius 2 is 1.80 bits per heavy atom. The Hall–Kier alpha value is -3.91. The number of aryl methyl sites for hydroxylation is 1. The molecule has 8 heteroatoms. The summed E-state index contributed by atoms with van der Waals surface area (Å²) in [5, 5.41) is 7.21. The maximum atomic E-state index is 13.8. The lowest BCUT2D eigenvalue weighted by Gasteiger charge is -2.35. The number of benzene rings is 3. The molecule has 176 valence electrons. The fourth-order valence-corrected chi connectivity index (χ4v) is 4.63. The molecule has 3 aromatic carbocycles. The molecule has 5 rings (SSSR count). The van der Waals surface area contributed by atoms with Gasteiger partial charge in [-0.1, -0.05) is 41.6 Å². The SMILES string of the molecule is CSc1ccc(C2NC(=O)N(c3cccc(C)c3)C(C)=C2c2nc(-c3cccc(F)c3)no2)cc1. The number of allylic oxidation sites excluding steroid dienone is 1. The first-order valence-electron chi connectivity index (χ1n) is 11.1. The predicted octanol–water partition coefficient (Wildman–Crippen LogP) is 6.61. The average molecular weight is 487 g/mol. The van der Waals surface area contributed by atoms with Crippen LogP contribution in [0.3, 0.4) is 0 Å². The number of thioether (sulfide) groups is 1. The minimum Gasteiger partial charge on any atom is -0.334 e. The van der Waals surface area contributed by atoms with Gasteiger partial charge < -0.3 is 9.84 Å². The van der Waals surface area contributed by atoms with Gasteiger partial charge in [-0.05, 0) is 67.6 Å². The molecule has 0 saturated heterocycles. The molecule has 1 aliphatic rings. The predicted molar refractivity (Wildman–Crippen MR) is 135 cm³/mol. The van der Waals surface area contributed by atoms with Crippen molar-refractivity contribution in [1.29, 1.82) is 0 Å². The van der Waals surface area contributed by atoms with Gasteiger partial charge in [0.2, 0.25) is 5.82 Å². The number of amides is 2. The van der Waals surface area contributed by atoms with Gasteiger partial charge in [0.15, 0.2) is 0 Å². The van der Waals surface area contributed by atoms with Gasteiger partial charge in [0.1, 0.15) is 5.82 Å². The van der Waals surface area contributed by atoms with Gasteiger partial charge in [-0.15, -0.1) is 11.8 Å². The van der Waals surface area contributed by atoms with Gasteiger partial charge in [-0.3, -0.25) is 4.90 Å². The van der Waals surface area contributed by atoms with Gasteiger partial charge in [-0.25, -0.2) is 9.18 Å². The molecule has 1 unspecified atom stereocenters. The minimum atomic E-state index is -0.500. The molecule has 1 aliphatic heterocycles. The van der Waals surface area contributed by atoms with Crippen molar-refractivity contribution in [2.24, 2.45) is 0 Å². The van der Waals surface area contributed by atoms with Gasteiger partial charge in [0.05, 0.1) is 17.3 Å². The van der Waals surface area contributed by atoms with Crippen LogP contribution in [-0.4, -0.2) is 22.4 Å². The highest BCUT2D eigenvalue weighted by atomic mass is 32.2. The van der Waals surface area contributed by atoms with Gasteiger partial charge in [-0.2, -0.15) is 4.98 Å². The highest BCUT2D eigenvalue weighted by Gasteiger charge is 2.36. The second kappa shape index (κ2) is 9.38. The third-order valence-corrected chi connectivity index (χ3v) is 6.68. The van der Waals surface area contributed by atoms with Crippen LogP contribution in [0.15, 0.2) is 87.9 Å². The Labute approximate surface area is 206 Å². The topological polar surface area (TPSA) is 71.3 Å². The molecule has 2 heterocycles. The quantitative estimate of drug-likeness (QED) is 0.322. The monoisotopic (exact) mass is 486 g/mol. The van der Waals surface area contributed by atoms with E-state index in [1.165, 1.54) is 12.1 Å². The lowest BCUT2D eigenvalue weighted by atomic mass is 9.94. The van der Waals surface area contributed by atoms with E-state index in [9.17, 15) is 9.18 Å². The van der Waals surface area contributed by atoms with Crippen molar-refractivity contribution in [3.05, 3.63) is 101 Å². The lowest BCUT2D eigenvalue weighted by Crippen LogP contribution is -2.46. The van der Waals surface area contributed by atoms with E-state index < -0.39 is 6.04 Å². The Kier molecular flexibility index (Phi) is 6.13. The third kappa shape index (κ3) is 4.44. The molecule has 1 atom stereocenters. The number of nitrogens with zero attached hydrogens (tertiary/aromatic N) is 3. The number of carbonyl (C=O) groups is 1. The van der Waals surface area contributed by atoms with Crippen LogP contribution in [0.2, 0.25) is 0 Å². The number of urea groups is 1. The van der Waals surface area contributed by atoms with Crippen LogP contribution in [0.4, 0.5) is 14.9 Å². The highest BCUT2D eigenvalue weighted by Crippen LogP contribution is 2.39. The Morgan fingerprint density at radius 1 is 1.03 bits per heavy atom. The van der Waals surface area contributed by atoms with Gasteiger partial charge in [0, 0.05) is 16.2 Å². The largest absolute Gasteiger partial charge is 0.334 e. The highest BCUT2D eigenvalue weighted by molar-refractivity contribution is 7.98. The molecule has 0 aliphatic carbocycles. The number of carbonyl (C=O) groups excluding carboxylic acids is 1. The van der Waals surface area contributed by atoms with E-state index >= 15 is 0 Å². The summed E-state index contributed by atoms with van der Waals surface area (Å²) in [6.07, 6.45) is 2.01. The number of halogens is 1. The first-order chi connectivity index (χ1) is 16.9. The zero-order valence-corrected chi connectivity index (χ0v) is 20.3. The van der Waals surface area contributed by atoms with E-state index in [2.05, 4.69) is 15.5 Å².